The number of nitro groups is 1. The molecule has 0 saturated heterocycles. The molecule has 1 heterocycles. The van der Waals surface area contributed by atoms with Crippen LogP contribution in [-0.4, -0.2) is 14.7 Å². The van der Waals surface area contributed by atoms with Gasteiger partial charge in [0, 0.05) is 6.54 Å². The SMILES string of the molecule is Cn1nc([N+](=O)[O-])cc1CN. The molecule has 0 unspecified atom stereocenters. The first-order valence-electron chi connectivity index (χ1n) is 3.02. The monoisotopic (exact) mass is 156 g/mol. The summed E-state index contributed by atoms with van der Waals surface area (Å²) in [5.74, 6) is -0.159. The molecule has 60 valence electrons. The van der Waals surface area contributed by atoms with E-state index in [1.807, 2.05) is 0 Å². The van der Waals surface area contributed by atoms with E-state index in [0.29, 0.717) is 5.69 Å². The molecular formula is C5H8N4O2. The van der Waals surface area contributed by atoms with Crippen LogP contribution in [-0.2, 0) is 13.6 Å². The zero-order valence-corrected chi connectivity index (χ0v) is 6.02. The molecule has 0 spiro atoms. The summed E-state index contributed by atoms with van der Waals surface area (Å²) in [7, 11) is 1.62. The van der Waals surface area contributed by atoms with Gasteiger partial charge in [0.15, 0.2) is 0 Å². The Kier molecular flexibility index (Phi) is 1.86. The van der Waals surface area contributed by atoms with E-state index in [2.05, 4.69) is 5.10 Å². The van der Waals surface area contributed by atoms with E-state index in [4.69, 9.17) is 5.73 Å². The van der Waals surface area contributed by atoms with Gasteiger partial charge in [-0.05, 0) is 4.92 Å². The van der Waals surface area contributed by atoms with Crippen LogP contribution < -0.4 is 5.73 Å². The lowest BCUT2D eigenvalue weighted by molar-refractivity contribution is -0.389. The van der Waals surface area contributed by atoms with Crippen LogP contribution in [0.4, 0.5) is 5.82 Å². The van der Waals surface area contributed by atoms with Gasteiger partial charge in [0.1, 0.15) is 0 Å². The highest BCUT2D eigenvalue weighted by Gasteiger charge is 2.13. The van der Waals surface area contributed by atoms with Gasteiger partial charge in [-0.25, -0.2) is 0 Å². The van der Waals surface area contributed by atoms with Gasteiger partial charge < -0.3 is 15.8 Å². The predicted molar refractivity (Wildman–Crippen MR) is 37.8 cm³/mol. The van der Waals surface area contributed by atoms with E-state index in [0.717, 1.165) is 0 Å². The fourth-order valence-electron chi connectivity index (χ4n) is 0.769. The van der Waals surface area contributed by atoms with Crippen molar-refractivity contribution in [3.63, 3.8) is 0 Å². The molecule has 1 aromatic heterocycles. The van der Waals surface area contributed by atoms with E-state index < -0.39 is 4.92 Å². The van der Waals surface area contributed by atoms with Crippen LogP contribution in [0.5, 0.6) is 0 Å². The Labute approximate surface area is 62.8 Å². The van der Waals surface area contributed by atoms with Gasteiger partial charge in [-0.1, -0.05) is 0 Å². The van der Waals surface area contributed by atoms with Crippen molar-refractivity contribution < 1.29 is 4.92 Å². The van der Waals surface area contributed by atoms with Crippen LogP contribution in [0.3, 0.4) is 0 Å². The van der Waals surface area contributed by atoms with E-state index in [1.165, 1.54) is 10.7 Å². The van der Waals surface area contributed by atoms with Crippen molar-refractivity contribution >= 4 is 5.82 Å². The summed E-state index contributed by atoms with van der Waals surface area (Å²) in [6.45, 7) is 0.261. The minimum Gasteiger partial charge on any atom is -0.358 e. The maximum Gasteiger partial charge on any atom is 0.390 e. The first-order valence-corrected chi connectivity index (χ1v) is 3.02. The average molecular weight is 156 g/mol. The van der Waals surface area contributed by atoms with Crippen molar-refractivity contribution in [1.29, 1.82) is 0 Å². The highest BCUT2D eigenvalue weighted by atomic mass is 16.6. The predicted octanol–water partition coefficient (Wildman–Crippen LogP) is -0.213. The standard InChI is InChI=1S/C5H8N4O2/c1-8-4(3-6)2-5(7-8)9(10)11/h2H,3,6H2,1H3. The number of rotatable bonds is 2. The third kappa shape index (κ3) is 1.35. The number of nitrogens with zero attached hydrogens (tertiary/aromatic N) is 3. The van der Waals surface area contributed by atoms with Gasteiger partial charge in [0.2, 0.25) is 0 Å². The van der Waals surface area contributed by atoms with Crippen molar-refractivity contribution in [3.8, 4) is 0 Å². The Morgan fingerprint density at radius 1 is 1.91 bits per heavy atom. The number of hydrogen-bond donors (Lipinski definition) is 1. The molecule has 0 saturated carbocycles. The number of nitrogens with two attached hydrogens (primary N) is 1. The molecular weight excluding hydrogens is 148 g/mol. The summed E-state index contributed by atoms with van der Waals surface area (Å²) in [5, 5.41) is 13.8. The molecule has 11 heavy (non-hydrogen) atoms. The van der Waals surface area contributed by atoms with Crippen molar-refractivity contribution in [3.05, 3.63) is 21.9 Å². The Morgan fingerprint density at radius 2 is 2.55 bits per heavy atom. The van der Waals surface area contributed by atoms with Crippen LogP contribution in [0.25, 0.3) is 0 Å². The van der Waals surface area contributed by atoms with E-state index >= 15 is 0 Å². The minimum atomic E-state index is -0.542. The largest absolute Gasteiger partial charge is 0.390 e. The number of hydrogen-bond acceptors (Lipinski definition) is 4. The molecule has 0 aliphatic heterocycles. The summed E-state index contributed by atoms with van der Waals surface area (Å²) in [4.78, 5) is 9.63. The van der Waals surface area contributed by atoms with Crippen molar-refractivity contribution in [2.24, 2.45) is 12.8 Å². The van der Waals surface area contributed by atoms with Crippen LogP contribution >= 0.6 is 0 Å². The maximum absolute atomic E-state index is 10.2. The smallest absolute Gasteiger partial charge is 0.358 e. The Balaban J connectivity index is 3.05. The Bertz CT molecular complexity index is 280. The van der Waals surface area contributed by atoms with Crippen LogP contribution in [0.2, 0.25) is 0 Å². The van der Waals surface area contributed by atoms with E-state index in [1.54, 1.807) is 7.05 Å². The molecule has 0 aromatic carbocycles. The fourth-order valence-corrected chi connectivity index (χ4v) is 0.769. The fraction of sp³-hybridized carbons (Fsp3) is 0.400. The Hall–Kier alpha value is -1.43. The molecule has 6 heteroatoms. The molecule has 1 rings (SSSR count). The maximum atomic E-state index is 10.2. The van der Waals surface area contributed by atoms with Gasteiger partial charge in [0.05, 0.1) is 23.9 Å². The molecule has 0 aliphatic carbocycles. The normalized spacial score (nSPS) is 10.0. The van der Waals surface area contributed by atoms with Crippen LogP contribution in [0, 0.1) is 10.1 Å². The van der Waals surface area contributed by atoms with Crippen LogP contribution in [0.15, 0.2) is 6.07 Å². The summed E-state index contributed by atoms with van der Waals surface area (Å²) in [6.07, 6.45) is 0. The lowest BCUT2D eigenvalue weighted by Crippen LogP contribution is -2.03. The van der Waals surface area contributed by atoms with E-state index in [9.17, 15) is 10.1 Å². The zero-order chi connectivity index (χ0) is 8.43. The quantitative estimate of drug-likeness (QED) is 0.474. The zero-order valence-electron chi connectivity index (χ0n) is 6.02. The van der Waals surface area contributed by atoms with Crippen molar-refractivity contribution in [2.45, 2.75) is 6.54 Å². The first-order chi connectivity index (χ1) is 5.15. The molecule has 2 N–H and O–H groups in total. The lowest BCUT2D eigenvalue weighted by atomic mass is 10.4. The lowest BCUT2D eigenvalue weighted by Gasteiger charge is -1.87. The second kappa shape index (κ2) is 2.67. The molecule has 0 amide bonds. The van der Waals surface area contributed by atoms with Gasteiger partial charge in [0.25, 0.3) is 0 Å². The highest BCUT2D eigenvalue weighted by molar-refractivity contribution is 5.21. The van der Waals surface area contributed by atoms with E-state index in [-0.39, 0.29) is 12.4 Å². The average Bonchev–Trinajstić information content (AvgIpc) is 2.31. The van der Waals surface area contributed by atoms with Crippen LogP contribution in [0.1, 0.15) is 5.69 Å². The van der Waals surface area contributed by atoms with Gasteiger partial charge in [-0.3, -0.25) is 0 Å². The summed E-state index contributed by atoms with van der Waals surface area (Å²) in [6, 6.07) is 1.36. The molecule has 0 bridgehead atoms. The molecule has 0 aliphatic rings. The molecule has 0 radical (unpaired) electrons. The topological polar surface area (TPSA) is 87.0 Å². The van der Waals surface area contributed by atoms with Gasteiger partial charge in [-0.15, -0.1) is 0 Å². The Morgan fingerprint density at radius 3 is 2.82 bits per heavy atom. The van der Waals surface area contributed by atoms with Gasteiger partial charge >= 0.3 is 5.82 Å². The van der Waals surface area contributed by atoms with Crippen molar-refractivity contribution in [2.75, 3.05) is 0 Å². The minimum absolute atomic E-state index is 0.159. The number of aromatic nitrogens is 2. The van der Waals surface area contributed by atoms with Crippen molar-refractivity contribution in [1.82, 2.24) is 9.78 Å². The summed E-state index contributed by atoms with van der Waals surface area (Å²) >= 11 is 0. The molecule has 0 atom stereocenters. The number of aryl methyl sites for hydroxylation is 1. The second-order valence-corrected chi connectivity index (χ2v) is 2.08. The third-order valence-electron chi connectivity index (χ3n) is 1.36. The highest BCUT2D eigenvalue weighted by Crippen LogP contribution is 2.09. The summed E-state index contributed by atoms with van der Waals surface area (Å²) in [5.41, 5.74) is 5.93. The molecule has 0 fully saturated rings. The first kappa shape index (κ1) is 7.67. The molecule has 1 aromatic rings. The second-order valence-electron chi connectivity index (χ2n) is 2.08. The van der Waals surface area contributed by atoms with Gasteiger partial charge in [-0.2, -0.15) is 4.68 Å². The molecule has 6 nitrogen and oxygen atoms in total. The summed E-state index contributed by atoms with van der Waals surface area (Å²) < 4.78 is 1.40. The third-order valence-corrected chi connectivity index (χ3v) is 1.36.